The molecule has 6 heteroatoms. The zero-order chi connectivity index (χ0) is 24.5. The third-order valence-corrected chi connectivity index (χ3v) is 6.90. The Morgan fingerprint density at radius 2 is 1.76 bits per heavy atom. The molecule has 3 aromatic rings. The van der Waals surface area contributed by atoms with Crippen LogP contribution in [0.3, 0.4) is 0 Å². The molecule has 1 aliphatic heterocycles. The number of H-pyrrole nitrogens is 1. The van der Waals surface area contributed by atoms with E-state index in [0.29, 0.717) is 24.6 Å². The highest BCUT2D eigenvalue weighted by molar-refractivity contribution is 5.97. The number of nitrogens with one attached hydrogen (secondary N) is 2. The van der Waals surface area contributed by atoms with Gasteiger partial charge in [-0.15, -0.1) is 0 Å². The maximum Gasteiger partial charge on any atom is 0.251 e. The van der Waals surface area contributed by atoms with E-state index in [4.69, 9.17) is 4.74 Å². The van der Waals surface area contributed by atoms with E-state index in [9.17, 15) is 9.59 Å². The Labute approximate surface area is 201 Å². The summed E-state index contributed by atoms with van der Waals surface area (Å²) in [7, 11) is 1.68. The van der Waals surface area contributed by atoms with E-state index < -0.39 is 6.04 Å². The number of aromatic nitrogens is 1. The Morgan fingerprint density at radius 3 is 2.38 bits per heavy atom. The molecule has 34 heavy (non-hydrogen) atoms. The van der Waals surface area contributed by atoms with E-state index in [1.54, 1.807) is 14.0 Å². The van der Waals surface area contributed by atoms with Gasteiger partial charge in [0, 0.05) is 35.8 Å². The van der Waals surface area contributed by atoms with Crippen LogP contribution in [-0.2, 0) is 10.2 Å². The molecule has 180 valence electrons. The van der Waals surface area contributed by atoms with E-state index in [1.807, 2.05) is 41.3 Å². The smallest absolute Gasteiger partial charge is 0.251 e. The summed E-state index contributed by atoms with van der Waals surface area (Å²) in [5, 5.41) is 4.06. The summed E-state index contributed by atoms with van der Waals surface area (Å²) in [6, 6.07) is 13.1. The predicted octanol–water partition coefficient (Wildman–Crippen LogP) is 5.00. The highest BCUT2D eigenvalue weighted by Crippen LogP contribution is 2.34. The molecule has 1 saturated heterocycles. The Bertz CT molecular complexity index is 1170. The number of carbonyl (C=O) groups excluding carboxylic acids is 2. The zero-order valence-electron chi connectivity index (χ0n) is 20.8. The maximum atomic E-state index is 13.0. The molecule has 1 aromatic heterocycles. The number of rotatable bonds is 5. The van der Waals surface area contributed by atoms with E-state index in [-0.39, 0.29) is 17.2 Å². The molecule has 4 rings (SSSR count). The van der Waals surface area contributed by atoms with Crippen molar-refractivity contribution in [3.8, 4) is 5.75 Å². The number of carbonyl (C=O) groups is 2. The van der Waals surface area contributed by atoms with Crippen LogP contribution < -0.4 is 10.1 Å². The molecule has 2 aromatic carbocycles. The third kappa shape index (κ3) is 4.96. The quantitative estimate of drug-likeness (QED) is 0.562. The number of hydrogen-bond acceptors (Lipinski definition) is 3. The van der Waals surface area contributed by atoms with E-state index in [0.717, 1.165) is 24.1 Å². The molecular weight excluding hydrogens is 426 g/mol. The van der Waals surface area contributed by atoms with Crippen LogP contribution in [0.25, 0.3) is 10.9 Å². The van der Waals surface area contributed by atoms with Gasteiger partial charge in [0.25, 0.3) is 5.91 Å². The molecule has 2 N–H and O–H groups in total. The van der Waals surface area contributed by atoms with Crippen molar-refractivity contribution in [2.45, 2.75) is 57.9 Å². The Kier molecular flexibility index (Phi) is 6.69. The molecule has 2 heterocycles. The van der Waals surface area contributed by atoms with Crippen LogP contribution in [0.15, 0.2) is 48.7 Å². The van der Waals surface area contributed by atoms with Crippen LogP contribution in [0.4, 0.5) is 0 Å². The topological polar surface area (TPSA) is 74.4 Å². The van der Waals surface area contributed by atoms with Crippen molar-refractivity contribution < 1.29 is 14.3 Å². The summed E-state index contributed by atoms with van der Waals surface area (Å²) in [4.78, 5) is 30.9. The van der Waals surface area contributed by atoms with Crippen LogP contribution in [0.5, 0.6) is 5.75 Å². The number of piperidine rings is 1. The van der Waals surface area contributed by atoms with Crippen LogP contribution in [0, 0.1) is 0 Å². The summed E-state index contributed by atoms with van der Waals surface area (Å²) in [5.41, 5.74) is 4.15. The Morgan fingerprint density at radius 1 is 1.09 bits per heavy atom. The molecule has 0 bridgehead atoms. The van der Waals surface area contributed by atoms with Gasteiger partial charge in [0.1, 0.15) is 11.8 Å². The van der Waals surface area contributed by atoms with E-state index in [1.165, 1.54) is 16.5 Å². The first kappa shape index (κ1) is 23.9. The van der Waals surface area contributed by atoms with E-state index >= 15 is 0 Å². The van der Waals surface area contributed by atoms with Crippen LogP contribution in [-0.4, -0.2) is 47.9 Å². The molecule has 6 nitrogen and oxygen atoms in total. The van der Waals surface area contributed by atoms with Gasteiger partial charge in [0.2, 0.25) is 5.91 Å². The fraction of sp³-hybridized carbons (Fsp3) is 0.429. The van der Waals surface area contributed by atoms with Crippen LogP contribution in [0.1, 0.15) is 67.9 Å². The number of ether oxygens (including phenoxy) is 1. The van der Waals surface area contributed by atoms with Gasteiger partial charge in [-0.05, 0) is 72.6 Å². The standard InChI is InChI=1S/C28H35N3O3/c1-18(30-26(32)20-6-8-21(9-7-20)28(2,3)4)27(33)31-14-12-19(13-15-31)24-17-29-25-11-10-22(34-5)16-23(24)25/h6-11,16-19,29H,12-15H2,1-5H3,(H,30,32). The molecular formula is C28H35N3O3. The number of fused-ring (bicyclic) bond motifs is 1. The highest BCUT2D eigenvalue weighted by atomic mass is 16.5. The van der Waals surface area contributed by atoms with Gasteiger partial charge in [0.15, 0.2) is 0 Å². The van der Waals surface area contributed by atoms with Crippen molar-refractivity contribution in [3.05, 3.63) is 65.4 Å². The number of aromatic amines is 1. The SMILES string of the molecule is COc1ccc2[nH]cc(C3CCN(C(=O)C(C)NC(=O)c4ccc(C(C)(C)C)cc4)CC3)c2c1. The maximum absolute atomic E-state index is 13.0. The average Bonchev–Trinajstić information content (AvgIpc) is 3.26. The minimum atomic E-state index is -0.566. The summed E-state index contributed by atoms with van der Waals surface area (Å²) in [6.45, 7) is 9.55. The minimum absolute atomic E-state index is 0.0290. The average molecular weight is 462 g/mol. The van der Waals surface area contributed by atoms with Gasteiger partial charge in [-0.1, -0.05) is 32.9 Å². The molecule has 1 atom stereocenters. The van der Waals surface area contributed by atoms with Crippen molar-refractivity contribution in [2.24, 2.45) is 0 Å². The largest absolute Gasteiger partial charge is 0.497 e. The third-order valence-electron chi connectivity index (χ3n) is 6.90. The van der Waals surface area contributed by atoms with Crippen molar-refractivity contribution in [2.75, 3.05) is 20.2 Å². The molecule has 1 aliphatic rings. The summed E-state index contributed by atoms with van der Waals surface area (Å²) in [5.74, 6) is 0.984. The van der Waals surface area contributed by atoms with Crippen molar-refractivity contribution in [1.82, 2.24) is 15.2 Å². The first-order valence-corrected chi connectivity index (χ1v) is 12.0. The van der Waals surface area contributed by atoms with Gasteiger partial charge in [-0.25, -0.2) is 0 Å². The predicted molar refractivity (Wildman–Crippen MR) is 135 cm³/mol. The molecule has 1 unspecified atom stereocenters. The zero-order valence-corrected chi connectivity index (χ0v) is 20.8. The molecule has 1 fully saturated rings. The fourth-order valence-electron chi connectivity index (χ4n) is 4.73. The summed E-state index contributed by atoms with van der Waals surface area (Å²) >= 11 is 0. The van der Waals surface area contributed by atoms with Crippen molar-refractivity contribution in [3.63, 3.8) is 0 Å². The van der Waals surface area contributed by atoms with Gasteiger partial charge in [0.05, 0.1) is 7.11 Å². The van der Waals surface area contributed by atoms with E-state index in [2.05, 4.69) is 43.3 Å². The highest BCUT2D eigenvalue weighted by Gasteiger charge is 2.29. The Balaban J connectivity index is 1.34. The van der Waals surface area contributed by atoms with Gasteiger partial charge < -0.3 is 19.9 Å². The second kappa shape index (κ2) is 9.53. The summed E-state index contributed by atoms with van der Waals surface area (Å²) < 4.78 is 5.39. The van der Waals surface area contributed by atoms with Gasteiger partial charge in [-0.2, -0.15) is 0 Å². The lowest BCUT2D eigenvalue weighted by molar-refractivity contribution is -0.133. The molecule has 0 saturated carbocycles. The number of methoxy groups -OCH3 is 1. The Hall–Kier alpha value is -3.28. The number of nitrogens with zero attached hydrogens (tertiary/aromatic N) is 1. The fourth-order valence-corrected chi connectivity index (χ4v) is 4.73. The van der Waals surface area contributed by atoms with Gasteiger partial charge in [-0.3, -0.25) is 9.59 Å². The number of hydrogen-bond donors (Lipinski definition) is 2. The molecule has 0 aliphatic carbocycles. The van der Waals surface area contributed by atoms with Crippen molar-refractivity contribution in [1.29, 1.82) is 0 Å². The number of likely N-dealkylation sites (tertiary alicyclic amines) is 1. The lowest BCUT2D eigenvalue weighted by atomic mass is 9.86. The monoisotopic (exact) mass is 461 g/mol. The lowest BCUT2D eigenvalue weighted by Crippen LogP contribution is -2.49. The first-order chi connectivity index (χ1) is 16.2. The van der Waals surface area contributed by atoms with Crippen molar-refractivity contribution >= 4 is 22.7 Å². The van der Waals surface area contributed by atoms with Crippen LogP contribution in [0.2, 0.25) is 0 Å². The normalized spacial score (nSPS) is 15.9. The molecule has 2 amide bonds. The summed E-state index contributed by atoms with van der Waals surface area (Å²) in [6.07, 6.45) is 3.87. The second-order valence-electron chi connectivity index (χ2n) is 10.3. The van der Waals surface area contributed by atoms with Crippen LogP contribution >= 0.6 is 0 Å². The molecule has 0 spiro atoms. The number of amides is 2. The minimum Gasteiger partial charge on any atom is -0.497 e. The lowest BCUT2D eigenvalue weighted by Gasteiger charge is -2.33. The second-order valence-corrected chi connectivity index (χ2v) is 10.3. The van der Waals surface area contributed by atoms with Gasteiger partial charge >= 0.3 is 0 Å². The number of benzene rings is 2. The molecule has 0 radical (unpaired) electrons. The first-order valence-electron chi connectivity index (χ1n) is 12.0.